The Bertz CT molecular complexity index is 770. The molecule has 0 atom stereocenters. The van der Waals surface area contributed by atoms with Crippen LogP contribution in [0.4, 0.5) is 8.78 Å². The standard InChI is InChI=1S/C16H8F2N2O/c17-14-6-5-13(8-15(14)18)21-16-4-2-1-3-12(16)7-11(9-19)10-20/h1-8H. The molecule has 0 amide bonds. The molecule has 2 rings (SSSR count). The van der Waals surface area contributed by atoms with Crippen molar-refractivity contribution in [2.75, 3.05) is 0 Å². The summed E-state index contributed by atoms with van der Waals surface area (Å²) in [6, 6.07) is 13.3. The van der Waals surface area contributed by atoms with E-state index in [4.69, 9.17) is 15.3 Å². The molecule has 0 saturated heterocycles. The Kier molecular flexibility index (Phi) is 4.28. The largest absolute Gasteiger partial charge is 0.457 e. The highest BCUT2D eigenvalue weighted by Gasteiger charge is 2.07. The van der Waals surface area contributed by atoms with Crippen LogP contribution in [0.25, 0.3) is 6.08 Å². The van der Waals surface area contributed by atoms with E-state index in [0.717, 1.165) is 12.1 Å². The fraction of sp³-hybridized carbons (Fsp3) is 0. The van der Waals surface area contributed by atoms with Crippen molar-refractivity contribution in [3.05, 3.63) is 65.2 Å². The Morgan fingerprint density at radius 2 is 1.71 bits per heavy atom. The van der Waals surface area contributed by atoms with Crippen molar-refractivity contribution >= 4 is 6.08 Å². The summed E-state index contributed by atoms with van der Waals surface area (Å²) >= 11 is 0. The maximum Gasteiger partial charge on any atom is 0.162 e. The summed E-state index contributed by atoms with van der Waals surface area (Å²) in [5.41, 5.74) is 0.400. The van der Waals surface area contributed by atoms with Gasteiger partial charge in [-0.15, -0.1) is 0 Å². The van der Waals surface area contributed by atoms with Crippen LogP contribution >= 0.6 is 0 Å². The van der Waals surface area contributed by atoms with Gasteiger partial charge in [0, 0.05) is 11.6 Å². The van der Waals surface area contributed by atoms with Gasteiger partial charge < -0.3 is 4.74 Å². The van der Waals surface area contributed by atoms with E-state index in [1.807, 2.05) is 0 Å². The van der Waals surface area contributed by atoms with E-state index >= 15 is 0 Å². The number of rotatable bonds is 3. The average Bonchev–Trinajstić information content (AvgIpc) is 2.50. The van der Waals surface area contributed by atoms with Crippen LogP contribution in [0.15, 0.2) is 48.0 Å². The summed E-state index contributed by atoms with van der Waals surface area (Å²) in [5, 5.41) is 17.5. The van der Waals surface area contributed by atoms with Crippen LogP contribution < -0.4 is 4.74 Å². The third kappa shape index (κ3) is 3.43. The number of para-hydroxylation sites is 1. The number of allylic oxidation sites excluding steroid dienone is 1. The zero-order valence-corrected chi connectivity index (χ0v) is 10.7. The molecule has 3 nitrogen and oxygen atoms in total. The minimum Gasteiger partial charge on any atom is -0.457 e. The molecule has 21 heavy (non-hydrogen) atoms. The Hall–Kier alpha value is -3.18. The van der Waals surface area contributed by atoms with Gasteiger partial charge in [-0.05, 0) is 24.3 Å². The second-order valence-corrected chi connectivity index (χ2v) is 4.00. The number of hydrogen-bond donors (Lipinski definition) is 0. The van der Waals surface area contributed by atoms with Crippen LogP contribution in [-0.4, -0.2) is 0 Å². The molecule has 2 aromatic carbocycles. The Labute approximate surface area is 119 Å². The molecular weight excluding hydrogens is 274 g/mol. The first-order chi connectivity index (χ1) is 10.1. The number of ether oxygens (including phenoxy) is 1. The summed E-state index contributed by atoms with van der Waals surface area (Å²) in [6.45, 7) is 0. The van der Waals surface area contributed by atoms with Gasteiger partial charge in [-0.3, -0.25) is 0 Å². The lowest BCUT2D eigenvalue weighted by Gasteiger charge is -2.09. The Morgan fingerprint density at radius 1 is 1.00 bits per heavy atom. The number of halogens is 2. The fourth-order valence-corrected chi connectivity index (χ4v) is 1.61. The number of benzene rings is 2. The topological polar surface area (TPSA) is 56.8 Å². The van der Waals surface area contributed by atoms with E-state index in [0.29, 0.717) is 11.3 Å². The SMILES string of the molecule is N#CC(C#N)=Cc1ccccc1Oc1ccc(F)c(F)c1. The van der Waals surface area contributed by atoms with Gasteiger partial charge in [0.2, 0.25) is 0 Å². The van der Waals surface area contributed by atoms with Crippen LogP contribution in [0.3, 0.4) is 0 Å². The molecule has 0 fully saturated rings. The van der Waals surface area contributed by atoms with Gasteiger partial charge in [0.05, 0.1) is 0 Å². The molecular formula is C16H8F2N2O. The molecule has 0 radical (unpaired) electrons. The quantitative estimate of drug-likeness (QED) is 0.793. The Balaban J connectivity index is 2.37. The lowest BCUT2D eigenvalue weighted by atomic mass is 10.1. The number of nitriles is 2. The highest BCUT2D eigenvalue weighted by molar-refractivity contribution is 5.66. The zero-order chi connectivity index (χ0) is 15.2. The molecule has 0 N–H and O–H groups in total. The predicted molar refractivity (Wildman–Crippen MR) is 72.1 cm³/mol. The molecule has 2 aromatic rings. The van der Waals surface area contributed by atoms with E-state index in [2.05, 4.69) is 0 Å². The Morgan fingerprint density at radius 3 is 2.38 bits per heavy atom. The highest BCUT2D eigenvalue weighted by Crippen LogP contribution is 2.27. The molecule has 0 unspecified atom stereocenters. The molecule has 0 saturated carbocycles. The van der Waals surface area contributed by atoms with Crippen molar-refractivity contribution in [1.29, 1.82) is 10.5 Å². The normalized spacial score (nSPS) is 9.33. The molecule has 0 aliphatic rings. The molecule has 0 heterocycles. The molecule has 0 aromatic heterocycles. The van der Waals surface area contributed by atoms with E-state index in [1.54, 1.807) is 36.4 Å². The first-order valence-corrected chi connectivity index (χ1v) is 5.88. The van der Waals surface area contributed by atoms with Gasteiger partial charge in [0.25, 0.3) is 0 Å². The lowest BCUT2D eigenvalue weighted by Crippen LogP contribution is -1.90. The smallest absolute Gasteiger partial charge is 0.162 e. The molecule has 5 heteroatoms. The summed E-state index contributed by atoms with van der Waals surface area (Å²) in [4.78, 5) is 0. The third-order valence-corrected chi connectivity index (χ3v) is 2.58. The number of nitrogens with zero attached hydrogens (tertiary/aromatic N) is 2. The van der Waals surface area contributed by atoms with Crippen molar-refractivity contribution in [2.24, 2.45) is 0 Å². The average molecular weight is 282 g/mol. The third-order valence-electron chi connectivity index (χ3n) is 2.58. The van der Waals surface area contributed by atoms with Crippen LogP contribution in [0, 0.1) is 34.3 Å². The van der Waals surface area contributed by atoms with Crippen LogP contribution in [-0.2, 0) is 0 Å². The van der Waals surface area contributed by atoms with Gasteiger partial charge >= 0.3 is 0 Å². The first-order valence-electron chi connectivity index (χ1n) is 5.88. The van der Waals surface area contributed by atoms with Crippen molar-refractivity contribution in [2.45, 2.75) is 0 Å². The second-order valence-electron chi connectivity index (χ2n) is 4.00. The summed E-state index contributed by atoms with van der Waals surface area (Å²) < 4.78 is 31.5. The number of hydrogen-bond acceptors (Lipinski definition) is 3. The van der Waals surface area contributed by atoms with Crippen LogP contribution in [0.2, 0.25) is 0 Å². The van der Waals surface area contributed by atoms with Gasteiger partial charge in [-0.1, -0.05) is 18.2 Å². The second kappa shape index (κ2) is 6.31. The maximum atomic E-state index is 13.1. The summed E-state index contributed by atoms with van der Waals surface area (Å²) in [6.07, 6.45) is 1.36. The predicted octanol–water partition coefficient (Wildman–Crippen LogP) is 4.19. The van der Waals surface area contributed by atoms with E-state index in [-0.39, 0.29) is 11.3 Å². The molecule has 0 spiro atoms. The molecule has 0 aliphatic heterocycles. The van der Waals surface area contributed by atoms with Crippen LogP contribution in [0.1, 0.15) is 5.56 Å². The van der Waals surface area contributed by atoms with E-state index in [9.17, 15) is 8.78 Å². The van der Waals surface area contributed by atoms with Gasteiger partial charge in [0.15, 0.2) is 11.6 Å². The van der Waals surface area contributed by atoms with Crippen LogP contribution in [0.5, 0.6) is 11.5 Å². The fourth-order valence-electron chi connectivity index (χ4n) is 1.61. The first kappa shape index (κ1) is 14.2. The maximum absolute atomic E-state index is 13.1. The monoisotopic (exact) mass is 282 g/mol. The van der Waals surface area contributed by atoms with Crippen molar-refractivity contribution < 1.29 is 13.5 Å². The van der Waals surface area contributed by atoms with E-state index < -0.39 is 11.6 Å². The highest BCUT2D eigenvalue weighted by atomic mass is 19.2. The summed E-state index contributed by atoms with van der Waals surface area (Å²) in [5.74, 6) is -1.54. The minimum absolute atomic E-state index is 0.0867. The van der Waals surface area contributed by atoms with Crippen molar-refractivity contribution in [1.82, 2.24) is 0 Å². The zero-order valence-electron chi connectivity index (χ0n) is 10.7. The van der Waals surface area contributed by atoms with Gasteiger partial charge in [-0.25, -0.2) is 8.78 Å². The van der Waals surface area contributed by atoms with E-state index in [1.165, 1.54) is 12.1 Å². The molecule has 0 bridgehead atoms. The van der Waals surface area contributed by atoms with Gasteiger partial charge in [0.1, 0.15) is 29.2 Å². The van der Waals surface area contributed by atoms with Crippen molar-refractivity contribution in [3.63, 3.8) is 0 Å². The molecule has 0 aliphatic carbocycles. The lowest BCUT2D eigenvalue weighted by molar-refractivity contribution is 0.461. The summed E-state index contributed by atoms with van der Waals surface area (Å²) in [7, 11) is 0. The molecule has 102 valence electrons. The van der Waals surface area contributed by atoms with Crippen molar-refractivity contribution in [3.8, 4) is 23.6 Å². The van der Waals surface area contributed by atoms with Gasteiger partial charge in [-0.2, -0.15) is 10.5 Å². The minimum atomic E-state index is -1.02.